The predicted octanol–water partition coefficient (Wildman–Crippen LogP) is 1.93. The van der Waals surface area contributed by atoms with Gasteiger partial charge in [-0.05, 0) is 44.1 Å². The van der Waals surface area contributed by atoms with Gasteiger partial charge in [-0.25, -0.2) is 4.39 Å². The number of Topliss-reactive ketones (excluding diaryl/α,β-unsaturated/α-hetero) is 1. The Balaban J connectivity index is 1.82. The van der Waals surface area contributed by atoms with Gasteiger partial charge in [0, 0.05) is 37.5 Å². The molecule has 1 aromatic carbocycles. The lowest BCUT2D eigenvalue weighted by Gasteiger charge is -2.37. The van der Waals surface area contributed by atoms with E-state index in [2.05, 4.69) is 10.6 Å². The summed E-state index contributed by atoms with van der Waals surface area (Å²) in [5.41, 5.74) is 0.184. The Labute approximate surface area is 153 Å². The van der Waals surface area contributed by atoms with Gasteiger partial charge in [-0.3, -0.25) is 9.59 Å². The van der Waals surface area contributed by atoms with Crippen LogP contribution in [0.2, 0.25) is 0 Å². The normalized spacial score (nSPS) is 16.1. The Kier molecular flexibility index (Phi) is 7.53. The number of nitrogens with one attached hydrogen (secondary N) is 2. The van der Waals surface area contributed by atoms with Crippen molar-refractivity contribution in [2.24, 2.45) is 5.41 Å². The molecule has 0 atom stereocenters. The third-order valence-electron chi connectivity index (χ3n) is 4.83. The van der Waals surface area contributed by atoms with E-state index in [9.17, 15) is 14.0 Å². The number of carbonyl (C=O) groups excluding carboxylic acids is 2. The van der Waals surface area contributed by atoms with Crippen LogP contribution in [0.5, 0.6) is 5.75 Å². The minimum atomic E-state index is -0.588. The summed E-state index contributed by atoms with van der Waals surface area (Å²) in [5, 5.41) is 6.23. The maximum atomic E-state index is 13.7. The van der Waals surface area contributed by atoms with Gasteiger partial charge in [-0.2, -0.15) is 0 Å². The smallest absolute Gasteiger partial charge is 0.220 e. The summed E-state index contributed by atoms with van der Waals surface area (Å²) < 4.78 is 23.8. The van der Waals surface area contributed by atoms with Crippen molar-refractivity contribution < 1.29 is 23.5 Å². The number of halogens is 1. The summed E-state index contributed by atoms with van der Waals surface area (Å²) in [6.45, 7) is 2.94. The van der Waals surface area contributed by atoms with Crippen LogP contribution in [0.3, 0.4) is 0 Å². The average Bonchev–Trinajstić information content (AvgIpc) is 2.65. The van der Waals surface area contributed by atoms with E-state index < -0.39 is 5.82 Å². The van der Waals surface area contributed by atoms with E-state index in [0.717, 1.165) is 32.0 Å². The van der Waals surface area contributed by atoms with Gasteiger partial charge in [-0.15, -0.1) is 0 Å². The van der Waals surface area contributed by atoms with E-state index in [1.54, 1.807) is 7.11 Å². The van der Waals surface area contributed by atoms with Crippen molar-refractivity contribution in [2.45, 2.75) is 25.7 Å². The molecular weight excluding hydrogens is 339 g/mol. The molecule has 1 saturated heterocycles. The first kappa shape index (κ1) is 20.3. The number of methoxy groups -OCH3 is 2. The highest BCUT2D eigenvalue weighted by molar-refractivity contribution is 5.98. The van der Waals surface area contributed by atoms with Crippen LogP contribution in [-0.2, 0) is 9.53 Å². The number of hydrogen-bond acceptors (Lipinski definition) is 5. The number of carbonyl (C=O) groups is 2. The van der Waals surface area contributed by atoms with Gasteiger partial charge in [0.25, 0.3) is 0 Å². The third-order valence-corrected chi connectivity index (χ3v) is 4.83. The zero-order chi connectivity index (χ0) is 19.0. The number of ether oxygens (including phenoxy) is 2. The van der Waals surface area contributed by atoms with Gasteiger partial charge in [0.1, 0.15) is 0 Å². The summed E-state index contributed by atoms with van der Waals surface area (Å²) in [6.07, 6.45) is 1.99. The maximum Gasteiger partial charge on any atom is 0.220 e. The highest BCUT2D eigenvalue weighted by atomic mass is 19.1. The standard InChI is InChI=1S/C19H27FN2O4/c1-25-13-19(7-9-21-10-8-19)12-22-18(24)6-4-16(23)14-3-5-17(26-2)15(20)11-14/h3,5,11,21H,4,6-10,12-13H2,1-2H3,(H,22,24). The van der Waals surface area contributed by atoms with Crippen molar-refractivity contribution in [3.05, 3.63) is 29.6 Å². The molecule has 1 fully saturated rings. The van der Waals surface area contributed by atoms with Crippen LogP contribution in [0.25, 0.3) is 0 Å². The first-order valence-electron chi connectivity index (χ1n) is 8.83. The molecule has 0 radical (unpaired) electrons. The molecule has 144 valence electrons. The lowest BCUT2D eigenvalue weighted by atomic mass is 9.79. The minimum absolute atomic E-state index is 0.0381. The van der Waals surface area contributed by atoms with Crippen molar-refractivity contribution in [3.8, 4) is 5.75 Å². The van der Waals surface area contributed by atoms with Crippen LogP contribution >= 0.6 is 0 Å². The number of amides is 1. The molecule has 1 aliphatic rings. The number of hydrogen-bond donors (Lipinski definition) is 2. The van der Waals surface area contributed by atoms with Gasteiger partial charge in [0.15, 0.2) is 17.3 Å². The molecule has 0 unspecified atom stereocenters. The molecule has 1 aliphatic heterocycles. The average molecular weight is 366 g/mol. The van der Waals surface area contributed by atoms with Crippen LogP contribution in [0.1, 0.15) is 36.0 Å². The summed E-state index contributed by atoms with van der Waals surface area (Å²) in [5.74, 6) is -0.948. The Bertz CT molecular complexity index is 624. The fourth-order valence-electron chi connectivity index (χ4n) is 3.22. The van der Waals surface area contributed by atoms with Crippen LogP contribution in [-0.4, -0.2) is 52.2 Å². The van der Waals surface area contributed by atoms with E-state index in [4.69, 9.17) is 9.47 Å². The molecule has 1 amide bonds. The molecule has 7 heteroatoms. The van der Waals surface area contributed by atoms with Crippen molar-refractivity contribution >= 4 is 11.7 Å². The molecule has 2 rings (SSSR count). The summed E-state index contributed by atoms with van der Waals surface area (Å²) in [6, 6.07) is 4.06. The fraction of sp³-hybridized carbons (Fsp3) is 0.579. The van der Waals surface area contributed by atoms with Crippen molar-refractivity contribution in [2.75, 3.05) is 40.5 Å². The molecule has 26 heavy (non-hydrogen) atoms. The lowest BCUT2D eigenvalue weighted by molar-refractivity contribution is -0.122. The fourth-order valence-corrected chi connectivity index (χ4v) is 3.22. The van der Waals surface area contributed by atoms with Gasteiger partial charge in [0.2, 0.25) is 5.91 Å². The second-order valence-electron chi connectivity index (χ2n) is 6.73. The molecule has 6 nitrogen and oxygen atoms in total. The first-order valence-corrected chi connectivity index (χ1v) is 8.83. The first-order chi connectivity index (χ1) is 12.5. The molecule has 2 N–H and O–H groups in total. The number of rotatable bonds is 9. The van der Waals surface area contributed by atoms with Crippen molar-refractivity contribution in [3.63, 3.8) is 0 Å². The minimum Gasteiger partial charge on any atom is -0.494 e. The molecule has 0 spiro atoms. The number of ketones is 1. The quantitative estimate of drug-likeness (QED) is 0.653. The molecule has 0 saturated carbocycles. The Morgan fingerprint density at radius 2 is 1.96 bits per heavy atom. The summed E-state index contributed by atoms with van der Waals surface area (Å²) in [7, 11) is 3.03. The molecule has 1 aromatic rings. The second-order valence-corrected chi connectivity index (χ2v) is 6.73. The van der Waals surface area contributed by atoms with Crippen molar-refractivity contribution in [1.29, 1.82) is 0 Å². The summed E-state index contributed by atoms with van der Waals surface area (Å²) in [4.78, 5) is 24.3. The SMILES string of the molecule is COCC1(CNC(=O)CCC(=O)c2ccc(OC)c(F)c2)CCNCC1. The molecule has 0 aliphatic carbocycles. The van der Waals surface area contributed by atoms with Crippen LogP contribution < -0.4 is 15.4 Å². The molecule has 0 bridgehead atoms. The van der Waals surface area contributed by atoms with E-state index in [1.165, 1.54) is 19.2 Å². The van der Waals surface area contributed by atoms with E-state index in [1.807, 2.05) is 0 Å². The monoisotopic (exact) mass is 366 g/mol. The lowest BCUT2D eigenvalue weighted by Crippen LogP contribution is -2.47. The second kappa shape index (κ2) is 9.64. The molecule has 1 heterocycles. The zero-order valence-electron chi connectivity index (χ0n) is 15.4. The van der Waals surface area contributed by atoms with Crippen molar-refractivity contribution in [1.82, 2.24) is 10.6 Å². The van der Waals surface area contributed by atoms with Gasteiger partial charge in [-0.1, -0.05) is 0 Å². The van der Waals surface area contributed by atoms with Crippen LogP contribution in [0.4, 0.5) is 4.39 Å². The van der Waals surface area contributed by atoms with E-state index >= 15 is 0 Å². The summed E-state index contributed by atoms with van der Waals surface area (Å²) >= 11 is 0. The molecular formula is C19H27FN2O4. The Morgan fingerprint density at radius 1 is 1.23 bits per heavy atom. The van der Waals surface area contributed by atoms with E-state index in [-0.39, 0.29) is 41.3 Å². The number of piperidine rings is 1. The van der Waals surface area contributed by atoms with Gasteiger partial charge in [0.05, 0.1) is 13.7 Å². The predicted molar refractivity (Wildman–Crippen MR) is 95.9 cm³/mol. The Hall–Kier alpha value is -1.99. The topological polar surface area (TPSA) is 76.7 Å². The number of benzene rings is 1. The highest BCUT2D eigenvalue weighted by Gasteiger charge is 2.32. The largest absolute Gasteiger partial charge is 0.494 e. The zero-order valence-corrected chi connectivity index (χ0v) is 15.4. The molecule has 0 aromatic heterocycles. The van der Waals surface area contributed by atoms with Crippen LogP contribution in [0.15, 0.2) is 18.2 Å². The van der Waals surface area contributed by atoms with Gasteiger partial charge >= 0.3 is 0 Å². The van der Waals surface area contributed by atoms with E-state index in [0.29, 0.717) is 13.2 Å². The third kappa shape index (κ3) is 5.51. The van der Waals surface area contributed by atoms with Gasteiger partial charge < -0.3 is 20.1 Å². The van der Waals surface area contributed by atoms with Crippen LogP contribution in [0, 0.1) is 11.2 Å². The maximum absolute atomic E-state index is 13.7. The highest BCUT2D eigenvalue weighted by Crippen LogP contribution is 2.28. The Morgan fingerprint density at radius 3 is 2.58 bits per heavy atom.